The highest BCUT2D eigenvalue weighted by Crippen LogP contribution is 2.41. The van der Waals surface area contributed by atoms with Gasteiger partial charge in [-0.25, -0.2) is 0 Å². The normalized spacial score (nSPS) is 11.1. The van der Waals surface area contributed by atoms with Crippen LogP contribution in [0.1, 0.15) is 0 Å². The van der Waals surface area contributed by atoms with Crippen LogP contribution in [0.4, 0.5) is 17.1 Å². The quantitative estimate of drug-likeness (QED) is 0.142. The number of anilines is 3. The molecule has 0 aromatic heterocycles. The van der Waals surface area contributed by atoms with Gasteiger partial charge in [-0.05, 0) is 120 Å². The van der Waals surface area contributed by atoms with Crippen LogP contribution >= 0.6 is 0 Å². The molecule has 1 nitrogen and oxygen atoms in total. The second-order valence-electron chi connectivity index (χ2n) is 14.9. The second-order valence-corrected chi connectivity index (χ2v) is 14.9. The number of fused-ring (bicyclic) bond motifs is 1. The Kier molecular flexibility index (Phi) is 9.68. The molecular weight excluding hydrogens is 711 g/mol. The standard InChI is InChI=1S/C58H41N/c1-4-14-42(15-5-1)43-26-28-44(29-27-43)45-30-35-52(36-31-45)59(54-23-12-22-51(40-54)56-25-13-21-48-20-10-11-24-55(48)56)53-37-32-46(33-38-53)50-34-39-57(47-16-6-2-7-17-47)58(41-50)49-18-8-3-9-19-49/h1-41H. The molecule has 0 spiro atoms. The van der Waals surface area contributed by atoms with E-state index >= 15 is 0 Å². The van der Waals surface area contributed by atoms with Gasteiger partial charge in [-0.2, -0.15) is 0 Å². The summed E-state index contributed by atoms with van der Waals surface area (Å²) in [6, 6.07) is 89.7. The smallest absolute Gasteiger partial charge is 0.0467 e. The molecule has 0 fully saturated rings. The topological polar surface area (TPSA) is 3.24 Å². The SMILES string of the molecule is c1ccc(-c2ccc(-c3ccc(N(c4ccc(-c5ccc(-c6ccccc6)c(-c6ccccc6)c5)cc4)c4cccc(-c5cccc6ccccc56)c4)cc3)cc2)cc1. The van der Waals surface area contributed by atoms with Crippen LogP contribution < -0.4 is 4.90 Å². The Hall–Kier alpha value is -7.74. The Morgan fingerprint density at radius 2 is 0.627 bits per heavy atom. The Balaban J connectivity index is 1.03. The van der Waals surface area contributed by atoms with Gasteiger partial charge >= 0.3 is 0 Å². The molecule has 59 heavy (non-hydrogen) atoms. The molecule has 0 bridgehead atoms. The van der Waals surface area contributed by atoms with Crippen LogP contribution in [0.15, 0.2) is 249 Å². The highest BCUT2D eigenvalue weighted by atomic mass is 15.1. The van der Waals surface area contributed by atoms with Gasteiger partial charge in [0.2, 0.25) is 0 Å². The van der Waals surface area contributed by atoms with Crippen LogP contribution in [-0.4, -0.2) is 0 Å². The van der Waals surface area contributed by atoms with Crippen LogP contribution in [-0.2, 0) is 0 Å². The van der Waals surface area contributed by atoms with E-state index in [0.717, 1.165) is 17.1 Å². The van der Waals surface area contributed by atoms with Crippen LogP contribution in [0.2, 0.25) is 0 Å². The van der Waals surface area contributed by atoms with E-state index in [0.29, 0.717) is 0 Å². The Morgan fingerprint density at radius 1 is 0.203 bits per heavy atom. The first kappa shape index (κ1) is 35.7. The summed E-state index contributed by atoms with van der Waals surface area (Å²) in [6.07, 6.45) is 0. The average Bonchev–Trinajstić information content (AvgIpc) is 3.33. The summed E-state index contributed by atoms with van der Waals surface area (Å²) in [5.41, 5.74) is 17.7. The van der Waals surface area contributed by atoms with Crippen LogP contribution in [0, 0.1) is 0 Å². The molecule has 0 aliphatic carbocycles. The lowest BCUT2D eigenvalue weighted by Crippen LogP contribution is -2.10. The van der Waals surface area contributed by atoms with Crippen molar-refractivity contribution in [2.45, 2.75) is 0 Å². The number of benzene rings is 10. The van der Waals surface area contributed by atoms with Gasteiger partial charge in [-0.1, -0.05) is 206 Å². The number of nitrogens with zero attached hydrogens (tertiary/aromatic N) is 1. The van der Waals surface area contributed by atoms with Crippen molar-refractivity contribution in [3.8, 4) is 66.8 Å². The van der Waals surface area contributed by atoms with Gasteiger partial charge in [0.05, 0.1) is 0 Å². The molecule has 1 heteroatoms. The van der Waals surface area contributed by atoms with E-state index in [1.807, 2.05) is 0 Å². The van der Waals surface area contributed by atoms with Crippen molar-refractivity contribution >= 4 is 27.8 Å². The molecule has 10 rings (SSSR count). The molecule has 0 atom stereocenters. The zero-order valence-electron chi connectivity index (χ0n) is 32.6. The largest absolute Gasteiger partial charge is 0.310 e. The molecule has 0 N–H and O–H groups in total. The van der Waals surface area contributed by atoms with Crippen molar-refractivity contribution in [1.82, 2.24) is 0 Å². The number of rotatable bonds is 9. The van der Waals surface area contributed by atoms with Crippen molar-refractivity contribution in [2.24, 2.45) is 0 Å². The summed E-state index contributed by atoms with van der Waals surface area (Å²) in [4.78, 5) is 2.37. The summed E-state index contributed by atoms with van der Waals surface area (Å²) in [6.45, 7) is 0. The van der Waals surface area contributed by atoms with E-state index < -0.39 is 0 Å². The number of hydrogen-bond donors (Lipinski definition) is 0. The number of hydrogen-bond acceptors (Lipinski definition) is 1. The maximum atomic E-state index is 2.37. The summed E-state index contributed by atoms with van der Waals surface area (Å²) < 4.78 is 0. The van der Waals surface area contributed by atoms with Gasteiger partial charge in [-0.15, -0.1) is 0 Å². The minimum atomic E-state index is 1.09. The van der Waals surface area contributed by atoms with E-state index in [4.69, 9.17) is 0 Å². The molecule has 0 heterocycles. The van der Waals surface area contributed by atoms with Crippen LogP contribution in [0.5, 0.6) is 0 Å². The maximum Gasteiger partial charge on any atom is 0.0467 e. The van der Waals surface area contributed by atoms with Crippen molar-refractivity contribution in [1.29, 1.82) is 0 Å². The summed E-state index contributed by atoms with van der Waals surface area (Å²) in [7, 11) is 0. The fourth-order valence-corrected chi connectivity index (χ4v) is 8.28. The van der Waals surface area contributed by atoms with Crippen molar-refractivity contribution < 1.29 is 0 Å². The van der Waals surface area contributed by atoms with Gasteiger partial charge < -0.3 is 4.90 Å². The first-order valence-electron chi connectivity index (χ1n) is 20.2. The molecule has 0 saturated heterocycles. The molecule has 278 valence electrons. The first-order chi connectivity index (χ1) is 29.2. The lowest BCUT2D eigenvalue weighted by atomic mass is 9.91. The van der Waals surface area contributed by atoms with Crippen molar-refractivity contribution in [3.05, 3.63) is 249 Å². The third-order valence-electron chi connectivity index (χ3n) is 11.3. The van der Waals surface area contributed by atoms with E-state index in [9.17, 15) is 0 Å². The van der Waals surface area contributed by atoms with Crippen LogP contribution in [0.25, 0.3) is 77.5 Å². The second kappa shape index (κ2) is 16.0. The lowest BCUT2D eigenvalue weighted by molar-refractivity contribution is 1.28. The minimum absolute atomic E-state index is 1.09. The van der Waals surface area contributed by atoms with Crippen molar-refractivity contribution in [2.75, 3.05) is 4.90 Å². The molecule has 0 amide bonds. The highest BCUT2D eigenvalue weighted by molar-refractivity contribution is 5.97. The molecule has 0 aliphatic rings. The van der Waals surface area contributed by atoms with Gasteiger partial charge in [0.25, 0.3) is 0 Å². The summed E-state index contributed by atoms with van der Waals surface area (Å²) in [5, 5.41) is 2.49. The minimum Gasteiger partial charge on any atom is -0.310 e. The monoisotopic (exact) mass is 751 g/mol. The van der Waals surface area contributed by atoms with E-state index in [1.54, 1.807) is 0 Å². The van der Waals surface area contributed by atoms with E-state index in [-0.39, 0.29) is 0 Å². The van der Waals surface area contributed by atoms with Gasteiger partial charge in [0.15, 0.2) is 0 Å². The molecule has 0 radical (unpaired) electrons. The van der Waals surface area contributed by atoms with Gasteiger partial charge in [-0.3, -0.25) is 0 Å². The molecule has 10 aromatic rings. The molecule has 0 saturated carbocycles. The fraction of sp³-hybridized carbons (Fsp3) is 0. The first-order valence-corrected chi connectivity index (χ1v) is 20.2. The molecule has 0 unspecified atom stereocenters. The molecule has 10 aromatic carbocycles. The molecule has 0 aliphatic heterocycles. The predicted molar refractivity (Wildman–Crippen MR) is 251 cm³/mol. The maximum absolute atomic E-state index is 2.37. The summed E-state index contributed by atoms with van der Waals surface area (Å²) in [5.74, 6) is 0. The van der Waals surface area contributed by atoms with Crippen LogP contribution in [0.3, 0.4) is 0 Å². The van der Waals surface area contributed by atoms with E-state index in [1.165, 1.54) is 77.5 Å². The van der Waals surface area contributed by atoms with Gasteiger partial charge in [0.1, 0.15) is 0 Å². The summed E-state index contributed by atoms with van der Waals surface area (Å²) >= 11 is 0. The zero-order chi connectivity index (χ0) is 39.4. The third kappa shape index (κ3) is 7.34. The lowest BCUT2D eigenvalue weighted by Gasteiger charge is -2.26. The Morgan fingerprint density at radius 3 is 1.24 bits per heavy atom. The van der Waals surface area contributed by atoms with E-state index in [2.05, 4.69) is 254 Å². The highest BCUT2D eigenvalue weighted by Gasteiger charge is 2.16. The molecular formula is C58H41N. The predicted octanol–water partition coefficient (Wildman–Crippen LogP) is 16.3. The Labute approximate surface area is 346 Å². The average molecular weight is 752 g/mol. The Bertz CT molecular complexity index is 2980. The van der Waals surface area contributed by atoms with Crippen molar-refractivity contribution in [3.63, 3.8) is 0 Å². The fourth-order valence-electron chi connectivity index (χ4n) is 8.28. The van der Waals surface area contributed by atoms with Gasteiger partial charge in [0, 0.05) is 17.1 Å². The zero-order valence-corrected chi connectivity index (χ0v) is 32.6. The third-order valence-corrected chi connectivity index (χ3v) is 11.3.